The molecule has 3 heterocycles. The minimum atomic E-state index is 0.282. The molecule has 2 aromatic heterocycles. The summed E-state index contributed by atoms with van der Waals surface area (Å²) in [4.78, 5) is 4.22. The van der Waals surface area contributed by atoms with Gasteiger partial charge in [0, 0.05) is 12.1 Å². The van der Waals surface area contributed by atoms with E-state index in [0.29, 0.717) is 6.54 Å². The molecule has 0 amide bonds. The Kier molecular flexibility index (Phi) is 2.67. The number of pyridine rings is 1. The zero-order valence-corrected chi connectivity index (χ0v) is 11.5. The molecule has 0 fully saturated rings. The second-order valence-electron chi connectivity index (χ2n) is 4.95. The van der Waals surface area contributed by atoms with Crippen LogP contribution in [0.3, 0.4) is 0 Å². The van der Waals surface area contributed by atoms with Crippen LogP contribution in [0.25, 0.3) is 5.65 Å². The average Bonchev–Trinajstić information content (AvgIpc) is 3.12. The number of hydrogen-bond acceptors (Lipinski definition) is 5. The Bertz CT molecular complexity index is 813. The first-order chi connectivity index (χ1) is 10.3. The van der Waals surface area contributed by atoms with Gasteiger partial charge in [0.25, 0.3) is 0 Å². The van der Waals surface area contributed by atoms with Gasteiger partial charge in [-0.1, -0.05) is 12.1 Å². The fourth-order valence-electron chi connectivity index (χ4n) is 2.50. The third-order valence-corrected chi connectivity index (χ3v) is 3.46. The lowest BCUT2D eigenvalue weighted by atomic mass is 10.2. The monoisotopic (exact) mass is 282 g/mol. The van der Waals surface area contributed by atoms with E-state index >= 15 is 0 Å². The quantitative estimate of drug-likeness (QED) is 0.799. The molecule has 0 saturated heterocycles. The van der Waals surface area contributed by atoms with E-state index in [4.69, 9.17) is 9.47 Å². The van der Waals surface area contributed by atoms with Crippen LogP contribution in [0.5, 0.6) is 11.5 Å². The predicted octanol–water partition coefficient (Wildman–Crippen LogP) is 2.38. The fourth-order valence-corrected chi connectivity index (χ4v) is 2.50. The fraction of sp³-hybridized carbons (Fsp3) is 0.200. The van der Waals surface area contributed by atoms with Crippen LogP contribution in [0, 0.1) is 6.92 Å². The number of benzene rings is 1. The summed E-state index contributed by atoms with van der Waals surface area (Å²) in [5, 5.41) is 7.62. The number of aryl methyl sites for hydroxylation is 1. The third-order valence-electron chi connectivity index (χ3n) is 3.46. The van der Waals surface area contributed by atoms with Crippen molar-refractivity contribution < 1.29 is 9.47 Å². The van der Waals surface area contributed by atoms with Crippen LogP contribution < -0.4 is 14.8 Å². The molecule has 106 valence electrons. The molecule has 21 heavy (non-hydrogen) atoms. The number of aromatic nitrogens is 3. The van der Waals surface area contributed by atoms with Crippen molar-refractivity contribution in [3.63, 3.8) is 0 Å². The number of rotatable bonds is 3. The number of ether oxygens (including phenoxy) is 2. The standard InChI is InChI=1S/C15H14N4O2/c1-10-5-13(19-14(6-10)17-8-18-19)16-7-11-3-2-4-12-15(11)21-9-20-12/h2-6,8,16H,7,9H2,1H3. The van der Waals surface area contributed by atoms with Crippen LogP contribution in [0.2, 0.25) is 0 Å². The molecule has 1 aromatic carbocycles. The summed E-state index contributed by atoms with van der Waals surface area (Å²) in [6.45, 7) is 2.95. The molecule has 0 bridgehead atoms. The largest absolute Gasteiger partial charge is 0.454 e. The Morgan fingerprint density at radius 3 is 3.19 bits per heavy atom. The molecule has 1 aliphatic heterocycles. The van der Waals surface area contributed by atoms with Crippen LogP contribution >= 0.6 is 0 Å². The van der Waals surface area contributed by atoms with Crippen LogP contribution in [-0.4, -0.2) is 21.4 Å². The van der Waals surface area contributed by atoms with Gasteiger partial charge in [-0.25, -0.2) is 4.98 Å². The molecular weight excluding hydrogens is 268 g/mol. The summed E-state index contributed by atoms with van der Waals surface area (Å²) in [6, 6.07) is 9.94. The van der Waals surface area contributed by atoms with Crippen molar-refractivity contribution in [3.05, 3.63) is 47.8 Å². The summed E-state index contributed by atoms with van der Waals surface area (Å²) in [5.74, 6) is 2.51. The maximum absolute atomic E-state index is 5.52. The summed E-state index contributed by atoms with van der Waals surface area (Å²) < 4.78 is 12.7. The Morgan fingerprint density at radius 1 is 1.29 bits per heavy atom. The first kappa shape index (κ1) is 12.0. The van der Waals surface area contributed by atoms with Gasteiger partial charge in [-0.15, -0.1) is 0 Å². The highest BCUT2D eigenvalue weighted by Crippen LogP contribution is 2.35. The number of hydrogen-bond donors (Lipinski definition) is 1. The van der Waals surface area contributed by atoms with Crippen LogP contribution in [0.4, 0.5) is 5.82 Å². The lowest BCUT2D eigenvalue weighted by molar-refractivity contribution is 0.173. The van der Waals surface area contributed by atoms with Crippen molar-refractivity contribution >= 4 is 11.5 Å². The van der Waals surface area contributed by atoms with E-state index < -0.39 is 0 Å². The molecule has 0 aliphatic carbocycles. The third kappa shape index (κ3) is 2.05. The zero-order chi connectivity index (χ0) is 14.2. The molecule has 3 aromatic rings. The van der Waals surface area contributed by atoms with E-state index in [1.807, 2.05) is 37.3 Å². The highest BCUT2D eigenvalue weighted by atomic mass is 16.7. The molecule has 4 rings (SSSR count). The van der Waals surface area contributed by atoms with Gasteiger partial charge in [-0.2, -0.15) is 9.61 Å². The molecule has 0 saturated carbocycles. The zero-order valence-electron chi connectivity index (χ0n) is 11.5. The van der Waals surface area contributed by atoms with Gasteiger partial charge in [0.1, 0.15) is 12.1 Å². The predicted molar refractivity (Wildman–Crippen MR) is 77.6 cm³/mol. The Labute approximate surface area is 121 Å². The van der Waals surface area contributed by atoms with Crippen LogP contribution in [0.15, 0.2) is 36.7 Å². The highest BCUT2D eigenvalue weighted by molar-refractivity contribution is 5.53. The minimum Gasteiger partial charge on any atom is -0.454 e. The maximum Gasteiger partial charge on any atom is 0.231 e. The smallest absolute Gasteiger partial charge is 0.231 e. The van der Waals surface area contributed by atoms with E-state index in [-0.39, 0.29) is 6.79 Å². The normalized spacial score (nSPS) is 12.8. The number of nitrogens with one attached hydrogen (secondary N) is 1. The molecule has 0 radical (unpaired) electrons. The van der Waals surface area contributed by atoms with E-state index in [1.54, 1.807) is 10.8 Å². The van der Waals surface area contributed by atoms with Crippen molar-refractivity contribution in [2.75, 3.05) is 12.1 Å². The van der Waals surface area contributed by atoms with E-state index in [9.17, 15) is 0 Å². The van der Waals surface area contributed by atoms with Gasteiger partial charge in [-0.3, -0.25) is 0 Å². The van der Waals surface area contributed by atoms with Gasteiger partial charge < -0.3 is 14.8 Å². The molecule has 0 atom stereocenters. The van der Waals surface area contributed by atoms with Crippen molar-refractivity contribution in [1.29, 1.82) is 0 Å². The first-order valence-electron chi connectivity index (χ1n) is 6.73. The number of anilines is 1. The van der Waals surface area contributed by atoms with Gasteiger partial charge in [0.15, 0.2) is 17.1 Å². The van der Waals surface area contributed by atoms with Crippen LogP contribution in [0.1, 0.15) is 11.1 Å². The summed E-state index contributed by atoms with van der Waals surface area (Å²) in [7, 11) is 0. The van der Waals surface area contributed by atoms with E-state index in [1.165, 1.54) is 0 Å². The Morgan fingerprint density at radius 2 is 2.24 bits per heavy atom. The lowest BCUT2D eigenvalue weighted by Gasteiger charge is -2.10. The summed E-state index contributed by atoms with van der Waals surface area (Å²) in [6.07, 6.45) is 1.55. The first-order valence-corrected chi connectivity index (χ1v) is 6.73. The van der Waals surface area contributed by atoms with Gasteiger partial charge >= 0.3 is 0 Å². The highest BCUT2D eigenvalue weighted by Gasteiger charge is 2.17. The minimum absolute atomic E-state index is 0.282. The van der Waals surface area contributed by atoms with Crippen molar-refractivity contribution in [2.45, 2.75) is 13.5 Å². The summed E-state index contributed by atoms with van der Waals surface area (Å²) >= 11 is 0. The van der Waals surface area contributed by atoms with E-state index in [2.05, 4.69) is 15.4 Å². The van der Waals surface area contributed by atoms with Gasteiger partial charge in [0.2, 0.25) is 6.79 Å². The topological polar surface area (TPSA) is 60.7 Å². The van der Waals surface area contributed by atoms with Crippen molar-refractivity contribution in [3.8, 4) is 11.5 Å². The Hall–Kier alpha value is -2.76. The second-order valence-corrected chi connectivity index (χ2v) is 4.95. The van der Waals surface area contributed by atoms with Gasteiger partial charge in [-0.05, 0) is 30.7 Å². The van der Waals surface area contributed by atoms with Crippen LogP contribution in [-0.2, 0) is 6.54 Å². The molecule has 0 spiro atoms. The van der Waals surface area contributed by atoms with Gasteiger partial charge in [0.05, 0.1) is 0 Å². The molecule has 0 unspecified atom stereocenters. The number of nitrogens with zero attached hydrogens (tertiary/aromatic N) is 3. The maximum atomic E-state index is 5.52. The second kappa shape index (κ2) is 4.66. The van der Waals surface area contributed by atoms with E-state index in [0.717, 1.165) is 34.1 Å². The number of fused-ring (bicyclic) bond motifs is 2. The average molecular weight is 282 g/mol. The molecule has 1 N–H and O–H groups in total. The van der Waals surface area contributed by atoms with Crippen molar-refractivity contribution in [1.82, 2.24) is 14.6 Å². The molecule has 6 nitrogen and oxygen atoms in total. The molecular formula is C15H14N4O2. The SMILES string of the molecule is Cc1cc(NCc2cccc3c2OCO3)n2ncnc2c1. The lowest BCUT2D eigenvalue weighted by Crippen LogP contribution is -2.06. The summed E-state index contributed by atoms with van der Waals surface area (Å²) in [5.41, 5.74) is 3.02. The number of para-hydroxylation sites is 1. The molecule has 6 heteroatoms. The molecule has 1 aliphatic rings. The Balaban J connectivity index is 1.64. The van der Waals surface area contributed by atoms with Crippen molar-refractivity contribution in [2.24, 2.45) is 0 Å².